The maximum absolute atomic E-state index is 12.5. The SMILES string of the molecule is CCn1c(S[C@@H](C)C(=O)Nc2ccc(OC)cc2)nnc1-c1ccoc1C. The van der Waals surface area contributed by atoms with Crippen LogP contribution < -0.4 is 10.1 Å². The molecule has 0 aliphatic carbocycles. The van der Waals surface area contributed by atoms with E-state index < -0.39 is 0 Å². The molecule has 3 aromatic rings. The Bertz CT molecular complexity index is 917. The highest BCUT2D eigenvalue weighted by Gasteiger charge is 2.21. The number of carbonyl (C=O) groups is 1. The largest absolute Gasteiger partial charge is 0.497 e. The van der Waals surface area contributed by atoms with Gasteiger partial charge in [0.05, 0.1) is 24.2 Å². The summed E-state index contributed by atoms with van der Waals surface area (Å²) in [6.07, 6.45) is 1.64. The smallest absolute Gasteiger partial charge is 0.237 e. The highest BCUT2D eigenvalue weighted by molar-refractivity contribution is 8.00. The van der Waals surface area contributed by atoms with E-state index in [1.54, 1.807) is 25.5 Å². The van der Waals surface area contributed by atoms with Crippen LogP contribution in [0, 0.1) is 6.92 Å². The molecule has 0 fully saturated rings. The number of nitrogens with zero attached hydrogens (tertiary/aromatic N) is 3. The Labute approximate surface area is 162 Å². The summed E-state index contributed by atoms with van der Waals surface area (Å²) in [4.78, 5) is 12.5. The zero-order chi connectivity index (χ0) is 19.4. The van der Waals surface area contributed by atoms with Crippen LogP contribution in [0.1, 0.15) is 19.6 Å². The Morgan fingerprint density at radius 1 is 1.30 bits per heavy atom. The van der Waals surface area contributed by atoms with Crippen molar-refractivity contribution in [1.82, 2.24) is 14.8 Å². The van der Waals surface area contributed by atoms with E-state index in [2.05, 4.69) is 15.5 Å². The van der Waals surface area contributed by atoms with Crippen molar-refractivity contribution >= 4 is 23.4 Å². The molecule has 0 aliphatic rings. The summed E-state index contributed by atoms with van der Waals surface area (Å²) in [5.41, 5.74) is 1.63. The number of rotatable bonds is 7. The van der Waals surface area contributed by atoms with Gasteiger partial charge in [0, 0.05) is 12.2 Å². The van der Waals surface area contributed by atoms with Gasteiger partial charge in [-0.05, 0) is 51.1 Å². The highest BCUT2D eigenvalue weighted by Crippen LogP contribution is 2.29. The van der Waals surface area contributed by atoms with Crippen molar-refractivity contribution in [3.8, 4) is 17.1 Å². The number of aromatic nitrogens is 3. The molecule has 0 unspecified atom stereocenters. The van der Waals surface area contributed by atoms with Crippen molar-refractivity contribution < 1.29 is 13.9 Å². The lowest BCUT2D eigenvalue weighted by Crippen LogP contribution is -2.22. The molecule has 7 nitrogen and oxygen atoms in total. The summed E-state index contributed by atoms with van der Waals surface area (Å²) < 4.78 is 12.5. The van der Waals surface area contributed by atoms with E-state index in [1.807, 2.05) is 43.5 Å². The van der Waals surface area contributed by atoms with Crippen molar-refractivity contribution in [3.63, 3.8) is 0 Å². The second kappa shape index (κ2) is 8.30. The number of hydrogen-bond donors (Lipinski definition) is 1. The van der Waals surface area contributed by atoms with Gasteiger partial charge in [-0.25, -0.2) is 0 Å². The van der Waals surface area contributed by atoms with Gasteiger partial charge in [-0.2, -0.15) is 0 Å². The van der Waals surface area contributed by atoms with Crippen LogP contribution in [0.5, 0.6) is 5.75 Å². The number of hydrogen-bond acceptors (Lipinski definition) is 6. The average molecular weight is 386 g/mol. The molecule has 1 aromatic carbocycles. The molecule has 0 saturated carbocycles. The van der Waals surface area contributed by atoms with Gasteiger partial charge in [0.2, 0.25) is 5.91 Å². The lowest BCUT2D eigenvalue weighted by atomic mass is 10.2. The van der Waals surface area contributed by atoms with E-state index in [0.717, 1.165) is 28.6 Å². The minimum absolute atomic E-state index is 0.100. The molecule has 0 bridgehead atoms. The van der Waals surface area contributed by atoms with Gasteiger partial charge in [-0.3, -0.25) is 4.79 Å². The van der Waals surface area contributed by atoms with Crippen LogP contribution >= 0.6 is 11.8 Å². The van der Waals surface area contributed by atoms with Crippen molar-refractivity contribution in [2.24, 2.45) is 0 Å². The summed E-state index contributed by atoms with van der Waals surface area (Å²) in [6.45, 7) is 6.46. The lowest BCUT2D eigenvalue weighted by molar-refractivity contribution is -0.115. The summed E-state index contributed by atoms with van der Waals surface area (Å²) >= 11 is 1.38. The van der Waals surface area contributed by atoms with Gasteiger partial charge in [0.25, 0.3) is 0 Å². The molecule has 1 amide bonds. The fourth-order valence-corrected chi connectivity index (χ4v) is 3.52. The van der Waals surface area contributed by atoms with Crippen LogP contribution in [0.2, 0.25) is 0 Å². The van der Waals surface area contributed by atoms with Gasteiger partial charge in [0.15, 0.2) is 11.0 Å². The summed E-state index contributed by atoms with van der Waals surface area (Å²) in [7, 11) is 1.61. The predicted octanol–water partition coefficient (Wildman–Crippen LogP) is 3.99. The molecule has 0 saturated heterocycles. The Hall–Kier alpha value is -2.74. The molecule has 3 rings (SSSR count). The van der Waals surface area contributed by atoms with Gasteiger partial charge in [0.1, 0.15) is 11.5 Å². The molecular weight excluding hydrogens is 364 g/mol. The molecule has 0 radical (unpaired) electrons. The number of furan rings is 1. The maximum atomic E-state index is 12.5. The van der Waals surface area contributed by atoms with Crippen LogP contribution in [0.4, 0.5) is 5.69 Å². The second-order valence-corrected chi connectivity index (χ2v) is 7.23. The van der Waals surface area contributed by atoms with E-state index in [0.29, 0.717) is 11.7 Å². The molecule has 8 heteroatoms. The fraction of sp³-hybridized carbons (Fsp3) is 0.316. The first-order valence-electron chi connectivity index (χ1n) is 8.62. The number of ether oxygens (including phenoxy) is 1. The first-order valence-corrected chi connectivity index (χ1v) is 9.50. The molecule has 1 atom stereocenters. The monoisotopic (exact) mass is 386 g/mol. The summed E-state index contributed by atoms with van der Waals surface area (Å²) in [6, 6.07) is 9.10. The van der Waals surface area contributed by atoms with Gasteiger partial charge < -0.3 is 19.0 Å². The molecular formula is C19H22N4O3S. The molecule has 0 spiro atoms. The van der Waals surface area contributed by atoms with Crippen LogP contribution in [0.25, 0.3) is 11.4 Å². The molecule has 0 aliphatic heterocycles. The maximum Gasteiger partial charge on any atom is 0.237 e. The number of aryl methyl sites for hydroxylation is 1. The molecule has 27 heavy (non-hydrogen) atoms. The van der Waals surface area contributed by atoms with Gasteiger partial charge >= 0.3 is 0 Å². The third-order valence-electron chi connectivity index (χ3n) is 4.14. The first-order chi connectivity index (χ1) is 13.0. The van der Waals surface area contributed by atoms with Crippen molar-refractivity contribution in [2.45, 2.75) is 37.7 Å². The fourth-order valence-electron chi connectivity index (χ4n) is 2.61. The van der Waals surface area contributed by atoms with Crippen LogP contribution in [0.15, 0.2) is 46.2 Å². The van der Waals surface area contributed by atoms with E-state index in [4.69, 9.17) is 9.15 Å². The minimum atomic E-state index is -0.333. The number of amides is 1. The Morgan fingerprint density at radius 2 is 2.04 bits per heavy atom. The summed E-state index contributed by atoms with van der Waals surface area (Å²) in [5.74, 6) is 2.18. The number of nitrogens with one attached hydrogen (secondary N) is 1. The minimum Gasteiger partial charge on any atom is -0.497 e. The van der Waals surface area contributed by atoms with Crippen LogP contribution in [-0.2, 0) is 11.3 Å². The van der Waals surface area contributed by atoms with E-state index >= 15 is 0 Å². The normalized spacial score (nSPS) is 12.0. The molecule has 142 valence electrons. The zero-order valence-corrected chi connectivity index (χ0v) is 16.5. The van der Waals surface area contributed by atoms with E-state index in [9.17, 15) is 4.79 Å². The number of methoxy groups -OCH3 is 1. The third kappa shape index (κ3) is 4.16. The van der Waals surface area contributed by atoms with Crippen molar-refractivity contribution in [2.75, 3.05) is 12.4 Å². The standard InChI is InChI=1S/C19H22N4O3S/c1-5-23-17(16-10-11-26-12(16)2)21-22-19(23)27-13(3)18(24)20-14-6-8-15(25-4)9-7-14/h6-11,13H,5H2,1-4H3,(H,20,24)/t13-/m0/s1. The predicted molar refractivity (Wildman–Crippen MR) is 105 cm³/mol. The number of anilines is 1. The average Bonchev–Trinajstić information content (AvgIpc) is 3.27. The number of thioether (sulfide) groups is 1. The highest BCUT2D eigenvalue weighted by atomic mass is 32.2. The molecule has 1 N–H and O–H groups in total. The van der Waals surface area contributed by atoms with Gasteiger partial charge in [-0.15, -0.1) is 10.2 Å². The molecule has 2 heterocycles. The third-order valence-corrected chi connectivity index (χ3v) is 5.22. The number of benzene rings is 1. The number of carbonyl (C=O) groups excluding carboxylic acids is 1. The van der Waals surface area contributed by atoms with Crippen LogP contribution in [0.3, 0.4) is 0 Å². The van der Waals surface area contributed by atoms with Crippen molar-refractivity contribution in [3.05, 3.63) is 42.4 Å². The zero-order valence-electron chi connectivity index (χ0n) is 15.7. The van der Waals surface area contributed by atoms with Crippen LogP contribution in [-0.4, -0.2) is 33.0 Å². The topological polar surface area (TPSA) is 82.2 Å². The van der Waals surface area contributed by atoms with Crippen molar-refractivity contribution in [1.29, 1.82) is 0 Å². The quantitative estimate of drug-likeness (QED) is 0.618. The Balaban J connectivity index is 1.71. The van der Waals surface area contributed by atoms with E-state index in [1.165, 1.54) is 11.8 Å². The molecule has 2 aromatic heterocycles. The summed E-state index contributed by atoms with van der Waals surface area (Å²) in [5, 5.41) is 11.8. The Morgan fingerprint density at radius 3 is 2.63 bits per heavy atom. The first kappa shape index (κ1) is 19.0. The Kier molecular flexibility index (Phi) is 5.85. The second-order valence-electron chi connectivity index (χ2n) is 5.92. The van der Waals surface area contributed by atoms with Gasteiger partial charge in [-0.1, -0.05) is 11.8 Å². The lowest BCUT2D eigenvalue weighted by Gasteiger charge is -2.13. The van der Waals surface area contributed by atoms with E-state index in [-0.39, 0.29) is 11.2 Å².